The molecule has 3 rings (SSSR count). The first-order valence-electron chi connectivity index (χ1n) is 9.22. The zero-order valence-electron chi connectivity index (χ0n) is 15.3. The molecule has 1 fully saturated rings. The number of furan rings is 1. The number of carbonyl (C=O) groups is 1. The minimum atomic E-state index is 0.105. The molecule has 0 bridgehead atoms. The van der Waals surface area contributed by atoms with Crippen molar-refractivity contribution in [3.05, 3.63) is 47.7 Å². The third-order valence-corrected chi connectivity index (χ3v) is 4.76. The van der Waals surface area contributed by atoms with Crippen LogP contribution in [0.5, 0.6) is 0 Å². The molecule has 1 amide bonds. The van der Waals surface area contributed by atoms with E-state index >= 15 is 0 Å². The monoisotopic (exact) mass is 340 g/mol. The molecule has 2 N–H and O–H groups in total. The van der Waals surface area contributed by atoms with Crippen LogP contribution in [-0.2, 0) is 11.2 Å². The lowest BCUT2D eigenvalue weighted by Crippen LogP contribution is -2.58. The molecule has 0 saturated heterocycles. The predicted molar refractivity (Wildman–Crippen MR) is 100 cm³/mol. The molecular weight excluding hydrogens is 312 g/mol. The third kappa shape index (κ3) is 4.73. The second kappa shape index (κ2) is 7.87. The molecule has 25 heavy (non-hydrogen) atoms. The standard InChI is InChI=1S/C21H28N2O2/c1-14(2)22-18-10-11-19(18)23-21(24)13-9-17-8-12-20(25-17)16-6-4-15(3)5-7-16/h4-8,12,14,18-19,22H,9-11,13H2,1-3H3,(H,23,24)/t18-,19+/m0/s1. The van der Waals surface area contributed by atoms with E-state index in [1.165, 1.54) is 5.56 Å². The lowest BCUT2D eigenvalue weighted by Gasteiger charge is -2.39. The fraction of sp³-hybridized carbons (Fsp3) is 0.476. The predicted octanol–water partition coefficient (Wildman–Crippen LogP) is 3.83. The van der Waals surface area contributed by atoms with Crippen molar-refractivity contribution in [2.75, 3.05) is 0 Å². The molecule has 2 atom stereocenters. The van der Waals surface area contributed by atoms with Crippen LogP contribution >= 0.6 is 0 Å². The smallest absolute Gasteiger partial charge is 0.220 e. The first-order valence-corrected chi connectivity index (χ1v) is 9.22. The summed E-state index contributed by atoms with van der Waals surface area (Å²) in [7, 11) is 0. The van der Waals surface area contributed by atoms with Gasteiger partial charge in [0, 0.05) is 36.5 Å². The summed E-state index contributed by atoms with van der Waals surface area (Å²) in [4.78, 5) is 12.2. The van der Waals surface area contributed by atoms with Crippen molar-refractivity contribution in [3.8, 4) is 11.3 Å². The van der Waals surface area contributed by atoms with Crippen molar-refractivity contribution < 1.29 is 9.21 Å². The Kier molecular flexibility index (Phi) is 5.59. The second-order valence-electron chi connectivity index (χ2n) is 7.31. The lowest BCUT2D eigenvalue weighted by molar-refractivity contribution is -0.122. The van der Waals surface area contributed by atoms with Gasteiger partial charge in [0.1, 0.15) is 11.5 Å². The molecule has 1 aliphatic rings. The zero-order chi connectivity index (χ0) is 17.8. The van der Waals surface area contributed by atoms with Crippen molar-refractivity contribution in [2.24, 2.45) is 0 Å². The van der Waals surface area contributed by atoms with Crippen LogP contribution in [0, 0.1) is 6.92 Å². The fourth-order valence-electron chi connectivity index (χ4n) is 3.20. The van der Waals surface area contributed by atoms with Gasteiger partial charge in [-0.05, 0) is 31.9 Å². The Morgan fingerprint density at radius 2 is 1.84 bits per heavy atom. The van der Waals surface area contributed by atoms with Gasteiger partial charge < -0.3 is 15.1 Å². The normalized spacial score (nSPS) is 19.7. The minimum absolute atomic E-state index is 0.105. The van der Waals surface area contributed by atoms with Gasteiger partial charge in [0.15, 0.2) is 0 Å². The summed E-state index contributed by atoms with van der Waals surface area (Å²) >= 11 is 0. The molecular formula is C21H28N2O2. The molecule has 0 unspecified atom stereocenters. The first-order chi connectivity index (χ1) is 12.0. The van der Waals surface area contributed by atoms with Crippen LogP contribution in [0.15, 0.2) is 40.8 Å². The molecule has 4 heteroatoms. The highest BCUT2D eigenvalue weighted by atomic mass is 16.3. The average molecular weight is 340 g/mol. The maximum atomic E-state index is 12.2. The fourth-order valence-corrected chi connectivity index (χ4v) is 3.20. The molecule has 0 aliphatic heterocycles. The summed E-state index contributed by atoms with van der Waals surface area (Å²) in [5.41, 5.74) is 2.30. The highest BCUT2D eigenvalue weighted by molar-refractivity contribution is 5.76. The number of aryl methyl sites for hydroxylation is 2. The summed E-state index contributed by atoms with van der Waals surface area (Å²) in [5, 5.41) is 6.64. The summed E-state index contributed by atoms with van der Waals surface area (Å²) in [6.45, 7) is 6.35. The van der Waals surface area contributed by atoms with Crippen LogP contribution in [0.25, 0.3) is 11.3 Å². The van der Waals surface area contributed by atoms with Crippen molar-refractivity contribution in [2.45, 2.75) is 64.6 Å². The molecule has 1 saturated carbocycles. The Labute approximate surface area is 150 Å². The van der Waals surface area contributed by atoms with Gasteiger partial charge in [0.2, 0.25) is 5.91 Å². The Morgan fingerprint density at radius 1 is 1.12 bits per heavy atom. The van der Waals surface area contributed by atoms with Gasteiger partial charge in [-0.2, -0.15) is 0 Å². The Hall–Kier alpha value is -2.07. The van der Waals surface area contributed by atoms with E-state index in [9.17, 15) is 4.79 Å². The van der Waals surface area contributed by atoms with Crippen molar-refractivity contribution in [1.29, 1.82) is 0 Å². The largest absolute Gasteiger partial charge is 0.461 e. The third-order valence-electron chi connectivity index (χ3n) is 4.76. The van der Waals surface area contributed by atoms with E-state index in [1.54, 1.807) is 0 Å². The van der Waals surface area contributed by atoms with E-state index < -0.39 is 0 Å². The van der Waals surface area contributed by atoms with Gasteiger partial charge >= 0.3 is 0 Å². The number of hydrogen-bond acceptors (Lipinski definition) is 3. The number of rotatable bonds is 7. The number of carbonyl (C=O) groups excluding carboxylic acids is 1. The Morgan fingerprint density at radius 3 is 2.48 bits per heavy atom. The van der Waals surface area contributed by atoms with E-state index in [1.807, 2.05) is 12.1 Å². The molecule has 1 heterocycles. The number of hydrogen-bond donors (Lipinski definition) is 2. The van der Waals surface area contributed by atoms with E-state index in [-0.39, 0.29) is 11.9 Å². The van der Waals surface area contributed by atoms with Gasteiger partial charge in [-0.3, -0.25) is 4.79 Å². The quantitative estimate of drug-likeness (QED) is 0.805. The molecule has 134 valence electrons. The minimum Gasteiger partial charge on any atom is -0.461 e. The molecule has 4 nitrogen and oxygen atoms in total. The molecule has 0 radical (unpaired) electrons. The summed E-state index contributed by atoms with van der Waals surface area (Å²) in [6, 6.07) is 13.4. The second-order valence-corrected chi connectivity index (χ2v) is 7.31. The summed E-state index contributed by atoms with van der Waals surface area (Å²) in [6.07, 6.45) is 3.30. The molecule has 0 spiro atoms. The van der Waals surface area contributed by atoms with E-state index in [4.69, 9.17) is 4.42 Å². The van der Waals surface area contributed by atoms with Crippen LogP contribution in [-0.4, -0.2) is 24.0 Å². The SMILES string of the molecule is Cc1ccc(-c2ccc(CCC(=O)N[C@@H]3CC[C@@H]3NC(C)C)o2)cc1. The Bertz CT molecular complexity index is 703. The van der Waals surface area contributed by atoms with Crippen LogP contribution in [0.4, 0.5) is 0 Å². The topological polar surface area (TPSA) is 54.3 Å². The highest BCUT2D eigenvalue weighted by Gasteiger charge is 2.31. The molecule has 2 aromatic rings. The van der Waals surface area contributed by atoms with Gasteiger partial charge in [0.05, 0.1) is 0 Å². The van der Waals surface area contributed by atoms with Crippen molar-refractivity contribution in [1.82, 2.24) is 10.6 Å². The summed E-state index contributed by atoms with van der Waals surface area (Å²) < 4.78 is 5.89. The van der Waals surface area contributed by atoms with Crippen LogP contribution < -0.4 is 10.6 Å². The number of nitrogens with one attached hydrogen (secondary N) is 2. The van der Waals surface area contributed by atoms with Gasteiger partial charge in [-0.15, -0.1) is 0 Å². The molecule has 1 aliphatic carbocycles. The van der Waals surface area contributed by atoms with Gasteiger partial charge in [-0.25, -0.2) is 0 Å². The Balaban J connectivity index is 1.47. The maximum Gasteiger partial charge on any atom is 0.220 e. The van der Waals surface area contributed by atoms with Gasteiger partial charge in [-0.1, -0.05) is 43.7 Å². The van der Waals surface area contributed by atoms with E-state index in [2.05, 4.69) is 55.7 Å². The molecule has 1 aromatic heterocycles. The maximum absolute atomic E-state index is 12.2. The average Bonchev–Trinajstić information content (AvgIpc) is 3.04. The molecule has 1 aromatic carbocycles. The highest BCUT2D eigenvalue weighted by Crippen LogP contribution is 2.24. The zero-order valence-corrected chi connectivity index (χ0v) is 15.3. The van der Waals surface area contributed by atoms with Crippen LogP contribution in [0.1, 0.15) is 44.4 Å². The van der Waals surface area contributed by atoms with Crippen molar-refractivity contribution in [3.63, 3.8) is 0 Å². The van der Waals surface area contributed by atoms with Crippen LogP contribution in [0.2, 0.25) is 0 Å². The van der Waals surface area contributed by atoms with Crippen molar-refractivity contribution >= 4 is 5.91 Å². The number of amides is 1. The number of benzene rings is 1. The van der Waals surface area contributed by atoms with Crippen LogP contribution in [0.3, 0.4) is 0 Å². The summed E-state index contributed by atoms with van der Waals surface area (Å²) in [5.74, 6) is 1.82. The van der Waals surface area contributed by atoms with E-state index in [0.29, 0.717) is 24.9 Å². The lowest BCUT2D eigenvalue weighted by atomic mass is 9.85. The van der Waals surface area contributed by atoms with E-state index in [0.717, 1.165) is 29.9 Å². The first kappa shape index (κ1) is 17.7. The van der Waals surface area contributed by atoms with Gasteiger partial charge in [0.25, 0.3) is 0 Å².